The van der Waals surface area contributed by atoms with Crippen molar-refractivity contribution in [3.8, 4) is 0 Å². The summed E-state index contributed by atoms with van der Waals surface area (Å²) < 4.78 is 18.7. The highest BCUT2D eigenvalue weighted by Crippen LogP contribution is 2.26. The Morgan fingerprint density at radius 3 is 2.57 bits per heavy atom. The van der Waals surface area contributed by atoms with E-state index >= 15 is 0 Å². The van der Waals surface area contributed by atoms with Gasteiger partial charge in [-0.1, -0.05) is 48.5 Å². The summed E-state index contributed by atoms with van der Waals surface area (Å²) in [4.78, 5) is 23.8. The zero-order valence-corrected chi connectivity index (χ0v) is 12.2. The van der Waals surface area contributed by atoms with Crippen LogP contribution in [0, 0.1) is 5.82 Å². The number of hydrogen-bond donors (Lipinski definition) is 2. The molecule has 0 aliphatic carbocycles. The maximum atomic E-state index is 13.6. The molecule has 0 saturated carbocycles. The number of halogens is 1. The number of hydrogen-bond acceptors (Lipinski definition) is 3. The van der Waals surface area contributed by atoms with Crippen LogP contribution in [-0.4, -0.2) is 18.0 Å². The van der Waals surface area contributed by atoms with E-state index in [-0.39, 0.29) is 12.4 Å². The predicted octanol–water partition coefficient (Wildman–Crippen LogP) is 2.29. The number of carbonyl (C=O) groups is 2. The van der Waals surface area contributed by atoms with Crippen LogP contribution in [0.2, 0.25) is 0 Å². The normalized spacial score (nSPS) is 19.8. The average Bonchev–Trinajstić information content (AvgIpc) is 2.97. The van der Waals surface area contributed by atoms with Crippen molar-refractivity contribution in [1.82, 2.24) is 10.6 Å². The van der Waals surface area contributed by atoms with Gasteiger partial charge in [0.15, 0.2) is 12.1 Å². The molecule has 2 amide bonds. The van der Waals surface area contributed by atoms with Crippen molar-refractivity contribution in [3.05, 3.63) is 71.5 Å². The number of cyclic esters (lactones) is 1. The van der Waals surface area contributed by atoms with E-state index in [0.717, 1.165) is 5.56 Å². The molecule has 3 rings (SSSR count). The fraction of sp³-hybridized carbons (Fsp3) is 0.176. The minimum Gasteiger partial charge on any atom is -0.439 e. The van der Waals surface area contributed by atoms with Gasteiger partial charge in [0.05, 0.1) is 0 Å². The number of benzene rings is 2. The molecule has 2 N–H and O–H groups in total. The quantitative estimate of drug-likeness (QED) is 0.910. The van der Waals surface area contributed by atoms with E-state index < -0.39 is 24.1 Å². The Kier molecular flexibility index (Phi) is 4.23. The van der Waals surface area contributed by atoms with Crippen molar-refractivity contribution >= 4 is 12.0 Å². The highest BCUT2D eigenvalue weighted by Gasteiger charge is 2.40. The smallest absolute Gasteiger partial charge is 0.408 e. The van der Waals surface area contributed by atoms with Gasteiger partial charge in [0.25, 0.3) is 0 Å². The Morgan fingerprint density at radius 1 is 1.13 bits per heavy atom. The van der Waals surface area contributed by atoms with Crippen molar-refractivity contribution in [3.63, 3.8) is 0 Å². The summed E-state index contributed by atoms with van der Waals surface area (Å²) in [5, 5.41) is 5.11. The second-order valence-electron chi connectivity index (χ2n) is 5.17. The molecular formula is C17H15FN2O3. The lowest BCUT2D eigenvalue weighted by atomic mass is 10.0. The Hall–Kier alpha value is -2.89. The first-order valence-electron chi connectivity index (χ1n) is 7.18. The van der Waals surface area contributed by atoms with Gasteiger partial charge in [0, 0.05) is 12.1 Å². The van der Waals surface area contributed by atoms with E-state index in [2.05, 4.69) is 10.6 Å². The molecule has 0 spiro atoms. The van der Waals surface area contributed by atoms with Gasteiger partial charge in [0.2, 0.25) is 5.91 Å². The summed E-state index contributed by atoms with van der Waals surface area (Å²) in [5.41, 5.74) is 1.10. The van der Waals surface area contributed by atoms with Crippen molar-refractivity contribution in [1.29, 1.82) is 0 Å². The molecule has 0 radical (unpaired) electrons. The number of carbonyl (C=O) groups excluding carboxylic acids is 2. The molecule has 1 heterocycles. The number of nitrogens with one attached hydrogen (secondary N) is 2. The summed E-state index contributed by atoms with van der Waals surface area (Å²) >= 11 is 0. The maximum absolute atomic E-state index is 13.6. The third-order valence-electron chi connectivity index (χ3n) is 3.63. The standard InChI is InChI=1S/C17H15FN2O3/c18-13-9-5-4-8-12(13)10-19-16(21)14-15(23-17(22)20-14)11-6-2-1-3-7-11/h1-9,14-15H,10H2,(H,19,21)(H,20,22). The van der Waals surface area contributed by atoms with Gasteiger partial charge >= 0.3 is 6.09 Å². The number of ether oxygens (including phenoxy) is 1. The van der Waals surface area contributed by atoms with Gasteiger partial charge in [-0.3, -0.25) is 4.79 Å². The van der Waals surface area contributed by atoms with E-state index in [9.17, 15) is 14.0 Å². The number of alkyl carbamates (subject to hydrolysis) is 1. The SMILES string of the molecule is O=C1NC(C(=O)NCc2ccccc2F)C(c2ccccc2)O1. The average molecular weight is 314 g/mol. The summed E-state index contributed by atoms with van der Waals surface area (Å²) in [6.07, 6.45) is -1.35. The van der Waals surface area contributed by atoms with Crippen molar-refractivity contribution < 1.29 is 18.7 Å². The largest absolute Gasteiger partial charge is 0.439 e. The molecule has 1 aliphatic rings. The molecule has 5 nitrogen and oxygen atoms in total. The van der Waals surface area contributed by atoms with Gasteiger partial charge in [0.1, 0.15) is 5.82 Å². The Morgan fingerprint density at radius 2 is 1.83 bits per heavy atom. The Labute approximate surface area is 132 Å². The third kappa shape index (κ3) is 3.31. The third-order valence-corrected chi connectivity index (χ3v) is 3.63. The summed E-state index contributed by atoms with van der Waals surface area (Å²) in [5.74, 6) is -0.813. The van der Waals surface area contributed by atoms with Gasteiger partial charge in [-0.2, -0.15) is 0 Å². The molecule has 1 aliphatic heterocycles. The van der Waals surface area contributed by atoms with Gasteiger partial charge < -0.3 is 15.4 Å². The molecule has 23 heavy (non-hydrogen) atoms. The molecule has 2 unspecified atom stereocenters. The van der Waals surface area contributed by atoms with E-state index in [4.69, 9.17) is 4.74 Å². The van der Waals surface area contributed by atoms with Crippen LogP contribution in [0.3, 0.4) is 0 Å². The highest BCUT2D eigenvalue weighted by molar-refractivity contribution is 5.88. The fourth-order valence-electron chi connectivity index (χ4n) is 2.46. The molecule has 2 atom stereocenters. The zero-order chi connectivity index (χ0) is 16.2. The van der Waals surface area contributed by atoms with Gasteiger partial charge in [-0.15, -0.1) is 0 Å². The second kappa shape index (κ2) is 6.48. The second-order valence-corrected chi connectivity index (χ2v) is 5.17. The van der Waals surface area contributed by atoms with Crippen molar-refractivity contribution in [2.75, 3.05) is 0 Å². The van der Waals surface area contributed by atoms with Crippen LogP contribution in [0.25, 0.3) is 0 Å². The molecule has 2 aromatic carbocycles. The summed E-state index contributed by atoms with van der Waals surface area (Å²) in [6.45, 7) is 0.0411. The molecule has 1 fully saturated rings. The van der Waals surface area contributed by atoms with E-state index in [1.165, 1.54) is 6.07 Å². The van der Waals surface area contributed by atoms with Crippen LogP contribution in [-0.2, 0) is 16.1 Å². The van der Waals surface area contributed by atoms with Crippen LogP contribution in [0.5, 0.6) is 0 Å². The van der Waals surface area contributed by atoms with Crippen LogP contribution in [0.15, 0.2) is 54.6 Å². The lowest BCUT2D eigenvalue weighted by Crippen LogP contribution is -2.43. The minimum atomic E-state index is -0.850. The molecular weight excluding hydrogens is 299 g/mol. The van der Waals surface area contributed by atoms with Crippen molar-refractivity contribution in [2.24, 2.45) is 0 Å². The zero-order valence-electron chi connectivity index (χ0n) is 12.2. The maximum Gasteiger partial charge on any atom is 0.408 e. The van der Waals surface area contributed by atoms with Gasteiger partial charge in [-0.05, 0) is 11.6 Å². The Bertz CT molecular complexity index is 721. The van der Waals surface area contributed by atoms with Crippen LogP contribution < -0.4 is 10.6 Å². The van der Waals surface area contributed by atoms with Gasteiger partial charge in [-0.25, -0.2) is 9.18 Å². The lowest BCUT2D eigenvalue weighted by molar-refractivity contribution is -0.124. The lowest BCUT2D eigenvalue weighted by Gasteiger charge is -2.17. The fourth-order valence-corrected chi connectivity index (χ4v) is 2.46. The Balaban J connectivity index is 1.70. The van der Waals surface area contributed by atoms with E-state index in [0.29, 0.717) is 5.56 Å². The molecule has 2 aromatic rings. The number of rotatable bonds is 4. The molecule has 0 aromatic heterocycles. The molecule has 118 valence electrons. The minimum absolute atomic E-state index is 0.0411. The van der Waals surface area contributed by atoms with Crippen LogP contribution in [0.1, 0.15) is 17.2 Å². The highest BCUT2D eigenvalue weighted by atomic mass is 19.1. The number of amides is 2. The summed E-state index contributed by atoms with van der Waals surface area (Å²) in [6, 6.07) is 14.3. The van der Waals surface area contributed by atoms with E-state index in [1.807, 2.05) is 6.07 Å². The van der Waals surface area contributed by atoms with E-state index in [1.54, 1.807) is 42.5 Å². The predicted molar refractivity (Wildman–Crippen MR) is 80.8 cm³/mol. The first-order valence-corrected chi connectivity index (χ1v) is 7.18. The van der Waals surface area contributed by atoms with Crippen LogP contribution in [0.4, 0.5) is 9.18 Å². The van der Waals surface area contributed by atoms with Crippen LogP contribution >= 0.6 is 0 Å². The van der Waals surface area contributed by atoms with Crippen molar-refractivity contribution in [2.45, 2.75) is 18.7 Å². The summed E-state index contributed by atoms with van der Waals surface area (Å²) in [7, 11) is 0. The molecule has 1 saturated heterocycles. The first-order chi connectivity index (χ1) is 11.1. The monoisotopic (exact) mass is 314 g/mol. The molecule has 6 heteroatoms. The molecule has 0 bridgehead atoms. The first kappa shape index (κ1) is 15.0. The topological polar surface area (TPSA) is 67.4 Å².